The van der Waals surface area contributed by atoms with Gasteiger partial charge in [-0.3, -0.25) is 0 Å². The summed E-state index contributed by atoms with van der Waals surface area (Å²) < 4.78 is 6.44. The summed E-state index contributed by atoms with van der Waals surface area (Å²) in [6, 6.07) is 18.8. The Hall–Kier alpha value is -1.92. The van der Waals surface area contributed by atoms with E-state index in [1.165, 1.54) is 10.3 Å². The largest absolute Gasteiger partial charge is 0.484 e. The first kappa shape index (κ1) is 16.9. The van der Waals surface area contributed by atoms with Gasteiger partial charge in [-0.2, -0.15) is 5.12 Å². The molecule has 1 aromatic heterocycles. The van der Waals surface area contributed by atoms with Gasteiger partial charge in [-0.1, -0.05) is 42.5 Å². The molecule has 0 saturated heterocycles. The second-order valence-electron chi connectivity index (χ2n) is 5.49. The molecule has 0 saturated carbocycles. The van der Waals surface area contributed by atoms with Crippen LogP contribution in [0.5, 0.6) is 5.75 Å². The number of hydrogen-bond acceptors (Lipinski definition) is 5. The van der Waals surface area contributed by atoms with Crippen LogP contribution in [0.25, 0.3) is 10.8 Å². The lowest BCUT2D eigenvalue weighted by Crippen LogP contribution is -2.45. The van der Waals surface area contributed by atoms with Crippen molar-refractivity contribution in [2.24, 2.45) is 0 Å². The van der Waals surface area contributed by atoms with Crippen molar-refractivity contribution in [2.75, 3.05) is 20.6 Å². The van der Waals surface area contributed by atoms with E-state index in [2.05, 4.69) is 70.8 Å². The van der Waals surface area contributed by atoms with E-state index in [-0.39, 0.29) is 6.10 Å². The third-order valence-electron chi connectivity index (χ3n) is 4.03. The molecule has 3 aromatic rings. The number of ether oxygens (including phenoxy) is 1. The normalized spacial score (nSPS) is 12.6. The molecule has 5 heteroatoms. The number of thiophene rings is 1. The van der Waals surface area contributed by atoms with Gasteiger partial charge in [-0.05, 0) is 22.9 Å². The number of nitrogens with zero attached hydrogens (tertiary/aromatic N) is 1. The molecule has 1 atom stereocenters. The fourth-order valence-corrected chi connectivity index (χ4v) is 3.56. The second-order valence-corrected chi connectivity index (χ2v) is 6.47. The van der Waals surface area contributed by atoms with E-state index in [0.717, 1.165) is 24.1 Å². The molecule has 0 fully saturated rings. The Morgan fingerprint density at radius 2 is 1.79 bits per heavy atom. The summed E-state index contributed by atoms with van der Waals surface area (Å²) in [5.74, 6) is 0.937. The van der Waals surface area contributed by atoms with Gasteiger partial charge in [0.2, 0.25) is 0 Å². The van der Waals surface area contributed by atoms with E-state index < -0.39 is 0 Å². The molecule has 2 aromatic carbocycles. The van der Waals surface area contributed by atoms with Crippen LogP contribution in [-0.2, 0) is 0 Å². The van der Waals surface area contributed by atoms with Crippen molar-refractivity contribution in [3.8, 4) is 5.75 Å². The Morgan fingerprint density at radius 3 is 2.54 bits per heavy atom. The fourth-order valence-electron chi connectivity index (χ4n) is 2.77. The lowest BCUT2D eigenvalue weighted by Gasteiger charge is -2.24. The van der Waals surface area contributed by atoms with Crippen molar-refractivity contribution in [1.29, 1.82) is 0 Å². The summed E-state index contributed by atoms with van der Waals surface area (Å²) in [6.07, 6.45) is 0.908. The lowest BCUT2D eigenvalue weighted by molar-refractivity contribution is 0.109. The van der Waals surface area contributed by atoms with Crippen LogP contribution < -0.4 is 15.6 Å². The minimum absolute atomic E-state index is 0.0278. The Bertz CT molecular complexity index is 751. The van der Waals surface area contributed by atoms with Crippen molar-refractivity contribution >= 4 is 22.1 Å². The van der Waals surface area contributed by atoms with Gasteiger partial charge in [0.1, 0.15) is 11.9 Å². The van der Waals surface area contributed by atoms with Gasteiger partial charge in [-0.15, -0.1) is 11.3 Å². The zero-order valence-corrected chi connectivity index (χ0v) is 14.8. The van der Waals surface area contributed by atoms with Crippen molar-refractivity contribution in [3.63, 3.8) is 0 Å². The maximum absolute atomic E-state index is 6.44. The molecule has 0 aliphatic carbocycles. The summed E-state index contributed by atoms with van der Waals surface area (Å²) >= 11 is 1.74. The zero-order chi connectivity index (χ0) is 16.8. The van der Waals surface area contributed by atoms with Gasteiger partial charge in [0.25, 0.3) is 0 Å². The Labute approximate surface area is 147 Å². The smallest absolute Gasteiger partial charge is 0.134 e. The first-order valence-corrected chi connectivity index (χ1v) is 9.00. The molecule has 0 bridgehead atoms. The molecule has 0 amide bonds. The molecule has 0 unspecified atom stereocenters. The van der Waals surface area contributed by atoms with Crippen LogP contribution in [0.2, 0.25) is 0 Å². The summed E-state index contributed by atoms with van der Waals surface area (Å²) in [7, 11) is 3.81. The van der Waals surface area contributed by atoms with Crippen molar-refractivity contribution < 1.29 is 4.74 Å². The van der Waals surface area contributed by atoms with Crippen LogP contribution in [-0.4, -0.2) is 25.8 Å². The molecule has 0 spiro atoms. The maximum atomic E-state index is 6.44. The molecule has 3 rings (SSSR count). The van der Waals surface area contributed by atoms with E-state index >= 15 is 0 Å². The SMILES string of the molecule is CNN(CC[C@H](Oc1cccc2ccccc12)c1cccs1)NC. The first-order valence-electron chi connectivity index (χ1n) is 8.12. The Morgan fingerprint density at radius 1 is 1.00 bits per heavy atom. The summed E-state index contributed by atoms with van der Waals surface area (Å²) in [6.45, 7) is 0.834. The highest BCUT2D eigenvalue weighted by Gasteiger charge is 2.17. The van der Waals surface area contributed by atoms with E-state index in [1.807, 2.05) is 19.2 Å². The summed E-state index contributed by atoms with van der Waals surface area (Å²) in [5, 5.41) is 6.41. The van der Waals surface area contributed by atoms with Gasteiger partial charge in [0.15, 0.2) is 0 Å². The highest BCUT2D eigenvalue weighted by atomic mass is 32.1. The number of nitrogens with one attached hydrogen (secondary N) is 2. The quantitative estimate of drug-likeness (QED) is 0.608. The van der Waals surface area contributed by atoms with Crippen molar-refractivity contribution in [3.05, 3.63) is 64.9 Å². The van der Waals surface area contributed by atoms with Gasteiger partial charge in [-0.25, -0.2) is 10.9 Å². The maximum Gasteiger partial charge on any atom is 0.134 e. The topological polar surface area (TPSA) is 36.5 Å². The van der Waals surface area contributed by atoms with Crippen LogP contribution in [0.15, 0.2) is 60.0 Å². The van der Waals surface area contributed by atoms with E-state index in [1.54, 1.807) is 11.3 Å². The predicted octanol–water partition coefficient (Wildman–Crippen LogP) is 3.98. The number of benzene rings is 2. The van der Waals surface area contributed by atoms with Gasteiger partial charge in [0, 0.05) is 37.3 Å². The molecule has 1 heterocycles. The van der Waals surface area contributed by atoms with E-state index in [0.29, 0.717) is 0 Å². The average Bonchev–Trinajstić information content (AvgIpc) is 3.16. The molecule has 2 N–H and O–H groups in total. The monoisotopic (exact) mass is 341 g/mol. The number of hydrazine groups is 2. The lowest BCUT2D eigenvalue weighted by atomic mass is 10.1. The molecule has 24 heavy (non-hydrogen) atoms. The van der Waals surface area contributed by atoms with E-state index in [4.69, 9.17) is 4.74 Å². The number of fused-ring (bicyclic) bond motifs is 1. The third kappa shape index (κ3) is 3.94. The van der Waals surface area contributed by atoms with Crippen LogP contribution in [0, 0.1) is 0 Å². The third-order valence-corrected chi connectivity index (χ3v) is 5.00. The van der Waals surface area contributed by atoms with Crippen LogP contribution in [0.3, 0.4) is 0 Å². The minimum atomic E-state index is 0.0278. The standard InChI is InChI=1S/C19H23N3OS/c1-20-22(21-2)13-12-18(19-11-6-14-24-19)23-17-10-5-8-15-7-3-4-9-16(15)17/h3-11,14,18,20-21H,12-13H2,1-2H3/t18-/m0/s1. The average molecular weight is 341 g/mol. The van der Waals surface area contributed by atoms with Gasteiger partial charge >= 0.3 is 0 Å². The molecular formula is C19H23N3OS. The zero-order valence-electron chi connectivity index (χ0n) is 14.0. The molecule has 0 aliphatic heterocycles. The number of rotatable bonds is 8. The Balaban J connectivity index is 1.83. The summed E-state index contributed by atoms with van der Waals surface area (Å²) in [4.78, 5) is 1.25. The van der Waals surface area contributed by atoms with Crippen LogP contribution in [0.4, 0.5) is 0 Å². The molecule has 0 aliphatic rings. The van der Waals surface area contributed by atoms with Crippen LogP contribution >= 0.6 is 11.3 Å². The molecule has 4 nitrogen and oxygen atoms in total. The van der Waals surface area contributed by atoms with Gasteiger partial charge < -0.3 is 4.74 Å². The highest BCUT2D eigenvalue weighted by molar-refractivity contribution is 7.10. The molecular weight excluding hydrogens is 318 g/mol. The predicted molar refractivity (Wildman–Crippen MR) is 101 cm³/mol. The molecule has 0 radical (unpaired) electrons. The van der Waals surface area contributed by atoms with Gasteiger partial charge in [0.05, 0.1) is 0 Å². The second kappa shape index (κ2) is 8.26. The first-order chi connectivity index (χ1) is 11.8. The van der Waals surface area contributed by atoms with Crippen LogP contribution in [0.1, 0.15) is 17.4 Å². The van der Waals surface area contributed by atoms with Crippen molar-refractivity contribution in [1.82, 2.24) is 16.0 Å². The number of hydrogen-bond donors (Lipinski definition) is 2. The Kier molecular flexibility index (Phi) is 5.82. The fraction of sp³-hybridized carbons (Fsp3) is 0.263. The molecule has 126 valence electrons. The van der Waals surface area contributed by atoms with Crippen molar-refractivity contribution in [2.45, 2.75) is 12.5 Å². The minimum Gasteiger partial charge on any atom is -0.484 e. The summed E-state index contributed by atoms with van der Waals surface area (Å²) in [5.41, 5.74) is 6.23. The van der Waals surface area contributed by atoms with E-state index in [9.17, 15) is 0 Å². The highest BCUT2D eigenvalue weighted by Crippen LogP contribution is 2.32.